The molecule has 7 nitrogen and oxygen atoms in total. The third kappa shape index (κ3) is 3.38. The largest absolute Gasteiger partial charge is 0.497 e. The predicted molar refractivity (Wildman–Crippen MR) is 130 cm³/mol. The zero-order valence-corrected chi connectivity index (χ0v) is 20.0. The molecule has 5 rings (SSSR count). The summed E-state index contributed by atoms with van der Waals surface area (Å²) >= 11 is 0. The Morgan fingerprint density at radius 3 is 2.44 bits per heavy atom. The fourth-order valence-corrected chi connectivity index (χ4v) is 5.98. The number of aryl methyl sites for hydroxylation is 1. The SMILES string of the molecule is COc1ccc2c3c(n(C)c2c1)[C@@H](CO)N(C(=O)c1ccccc1)CC31CCN(C(C)=O)CC1. The lowest BCUT2D eigenvalue weighted by atomic mass is 9.68. The second-order valence-electron chi connectivity index (χ2n) is 9.49. The number of likely N-dealkylation sites (tertiary alicyclic amines) is 1. The third-order valence-electron chi connectivity index (χ3n) is 7.77. The Kier molecular flexibility index (Phi) is 5.60. The Hall–Kier alpha value is -3.32. The van der Waals surface area contributed by atoms with Crippen molar-refractivity contribution in [2.24, 2.45) is 7.05 Å². The van der Waals surface area contributed by atoms with Gasteiger partial charge in [-0.3, -0.25) is 9.59 Å². The first-order chi connectivity index (χ1) is 16.4. The summed E-state index contributed by atoms with van der Waals surface area (Å²) in [5, 5.41) is 11.7. The maximum atomic E-state index is 13.7. The van der Waals surface area contributed by atoms with E-state index >= 15 is 0 Å². The van der Waals surface area contributed by atoms with Gasteiger partial charge in [0.05, 0.1) is 25.3 Å². The maximum Gasteiger partial charge on any atom is 0.254 e. The highest BCUT2D eigenvalue weighted by Gasteiger charge is 2.49. The molecular formula is C27H31N3O4. The molecule has 1 N–H and O–H groups in total. The smallest absolute Gasteiger partial charge is 0.254 e. The number of methoxy groups -OCH3 is 1. The molecule has 34 heavy (non-hydrogen) atoms. The molecule has 0 aliphatic carbocycles. The van der Waals surface area contributed by atoms with Crippen LogP contribution in [-0.4, -0.2) is 64.6 Å². The van der Waals surface area contributed by atoms with Crippen LogP contribution in [0.1, 0.15) is 47.4 Å². The van der Waals surface area contributed by atoms with Crippen LogP contribution in [0.2, 0.25) is 0 Å². The van der Waals surface area contributed by atoms with Crippen molar-refractivity contribution in [3.05, 3.63) is 65.4 Å². The highest BCUT2D eigenvalue weighted by Crippen LogP contribution is 2.50. The van der Waals surface area contributed by atoms with Gasteiger partial charge in [-0.2, -0.15) is 0 Å². The highest BCUT2D eigenvalue weighted by atomic mass is 16.5. The second-order valence-corrected chi connectivity index (χ2v) is 9.49. The van der Waals surface area contributed by atoms with Gasteiger partial charge in [0.1, 0.15) is 5.75 Å². The lowest BCUT2D eigenvalue weighted by Gasteiger charge is -2.50. The standard InChI is InChI=1S/C27H31N3O4/c1-18(32)29-13-11-27(12-14-29)17-30(26(33)19-7-5-4-6-8-19)23(16-31)25-24(27)21-10-9-20(34-3)15-22(21)28(25)2/h4-10,15,23,31H,11-14,16-17H2,1-3H3/t23-/m1/s1. The van der Waals surface area contributed by atoms with Crippen LogP contribution in [0, 0.1) is 0 Å². The minimum atomic E-state index is -0.456. The van der Waals surface area contributed by atoms with Gasteiger partial charge in [-0.25, -0.2) is 0 Å². The van der Waals surface area contributed by atoms with Crippen molar-refractivity contribution < 1.29 is 19.4 Å². The third-order valence-corrected chi connectivity index (χ3v) is 7.77. The average Bonchev–Trinajstić information content (AvgIpc) is 3.17. The summed E-state index contributed by atoms with van der Waals surface area (Å²) < 4.78 is 7.59. The number of rotatable bonds is 3. The number of aliphatic hydroxyl groups excluding tert-OH is 1. The van der Waals surface area contributed by atoms with Crippen LogP contribution in [0.15, 0.2) is 48.5 Å². The minimum Gasteiger partial charge on any atom is -0.497 e. The van der Waals surface area contributed by atoms with E-state index in [0.717, 1.165) is 35.2 Å². The molecule has 1 atom stereocenters. The van der Waals surface area contributed by atoms with Crippen LogP contribution in [-0.2, 0) is 17.3 Å². The lowest BCUT2D eigenvalue weighted by Crippen LogP contribution is -2.56. The molecule has 0 saturated carbocycles. The first-order valence-corrected chi connectivity index (χ1v) is 11.8. The van der Waals surface area contributed by atoms with Crippen molar-refractivity contribution in [1.82, 2.24) is 14.4 Å². The number of carbonyl (C=O) groups excluding carboxylic acids is 2. The van der Waals surface area contributed by atoms with Gasteiger partial charge in [0.15, 0.2) is 0 Å². The van der Waals surface area contributed by atoms with E-state index in [9.17, 15) is 14.7 Å². The molecule has 7 heteroatoms. The van der Waals surface area contributed by atoms with Gasteiger partial charge in [0.25, 0.3) is 5.91 Å². The number of aliphatic hydroxyl groups is 1. The number of ether oxygens (including phenoxy) is 1. The van der Waals surface area contributed by atoms with Crippen molar-refractivity contribution in [1.29, 1.82) is 0 Å². The van der Waals surface area contributed by atoms with Gasteiger partial charge < -0.3 is 24.2 Å². The molecule has 1 fully saturated rings. The first kappa shape index (κ1) is 22.5. The van der Waals surface area contributed by atoms with Gasteiger partial charge in [0, 0.05) is 61.7 Å². The molecule has 2 aromatic carbocycles. The van der Waals surface area contributed by atoms with Crippen LogP contribution < -0.4 is 4.74 Å². The van der Waals surface area contributed by atoms with Crippen LogP contribution >= 0.6 is 0 Å². The highest BCUT2D eigenvalue weighted by molar-refractivity contribution is 5.96. The van der Waals surface area contributed by atoms with E-state index in [2.05, 4.69) is 10.6 Å². The monoisotopic (exact) mass is 461 g/mol. The molecule has 2 amide bonds. The Morgan fingerprint density at radius 2 is 1.82 bits per heavy atom. The predicted octanol–water partition coefficient (Wildman–Crippen LogP) is 3.26. The van der Waals surface area contributed by atoms with E-state index in [-0.39, 0.29) is 23.8 Å². The lowest BCUT2D eigenvalue weighted by molar-refractivity contribution is -0.130. The van der Waals surface area contributed by atoms with Gasteiger partial charge in [-0.1, -0.05) is 18.2 Å². The molecule has 0 radical (unpaired) electrons. The molecule has 2 aliphatic heterocycles. The number of benzene rings is 2. The second kappa shape index (κ2) is 8.47. The normalized spacial score (nSPS) is 19.4. The molecule has 3 heterocycles. The topological polar surface area (TPSA) is 75.0 Å². The summed E-state index contributed by atoms with van der Waals surface area (Å²) in [6.45, 7) is 3.26. The molecule has 0 unspecified atom stereocenters. The van der Waals surface area contributed by atoms with E-state index in [1.165, 1.54) is 5.56 Å². The molecule has 1 spiro atoms. The van der Waals surface area contributed by atoms with E-state index < -0.39 is 6.04 Å². The van der Waals surface area contributed by atoms with Crippen molar-refractivity contribution in [3.8, 4) is 5.75 Å². The van der Waals surface area contributed by atoms with Crippen molar-refractivity contribution in [3.63, 3.8) is 0 Å². The number of aromatic nitrogens is 1. The van der Waals surface area contributed by atoms with Gasteiger partial charge >= 0.3 is 0 Å². The van der Waals surface area contributed by atoms with E-state index in [4.69, 9.17) is 4.74 Å². The van der Waals surface area contributed by atoms with Gasteiger partial charge in [-0.05, 0) is 42.7 Å². The zero-order valence-electron chi connectivity index (χ0n) is 20.0. The summed E-state index contributed by atoms with van der Waals surface area (Å²) in [4.78, 5) is 29.5. The number of piperidine rings is 1. The quantitative estimate of drug-likeness (QED) is 0.650. The van der Waals surface area contributed by atoms with Gasteiger partial charge in [-0.15, -0.1) is 0 Å². The van der Waals surface area contributed by atoms with Crippen LogP contribution in [0.3, 0.4) is 0 Å². The number of hydrogen-bond acceptors (Lipinski definition) is 4. The molecular weight excluding hydrogens is 430 g/mol. The molecule has 0 bridgehead atoms. The van der Waals surface area contributed by atoms with E-state index in [1.807, 2.05) is 59.3 Å². The van der Waals surface area contributed by atoms with Crippen molar-refractivity contribution >= 4 is 22.7 Å². The fourth-order valence-electron chi connectivity index (χ4n) is 5.98. The average molecular weight is 462 g/mol. The van der Waals surface area contributed by atoms with Crippen LogP contribution in [0.25, 0.3) is 10.9 Å². The molecule has 178 valence electrons. The summed E-state index contributed by atoms with van der Waals surface area (Å²) in [7, 11) is 3.65. The minimum absolute atomic E-state index is 0.0819. The Morgan fingerprint density at radius 1 is 1.12 bits per heavy atom. The Balaban J connectivity index is 1.70. The number of fused-ring (bicyclic) bond motifs is 4. The van der Waals surface area contributed by atoms with E-state index in [1.54, 1.807) is 14.0 Å². The Bertz CT molecular complexity index is 1240. The number of nitrogens with zero attached hydrogens (tertiary/aromatic N) is 3. The van der Waals surface area contributed by atoms with Crippen LogP contribution in [0.4, 0.5) is 0 Å². The zero-order chi connectivity index (χ0) is 24.0. The molecule has 2 aliphatic rings. The summed E-state index contributed by atoms with van der Waals surface area (Å²) in [5.41, 5.74) is 3.50. The van der Waals surface area contributed by atoms with Crippen molar-refractivity contribution in [2.75, 3.05) is 33.4 Å². The summed E-state index contributed by atoms with van der Waals surface area (Å²) in [5.74, 6) is 0.768. The first-order valence-electron chi connectivity index (χ1n) is 11.8. The maximum absolute atomic E-state index is 13.7. The van der Waals surface area contributed by atoms with Gasteiger partial charge in [0.2, 0.25) is 5.91 Å². The van der Waals surface area contributed by atoms with E-state index in [0.29, 0.717) is 25.2 Å². The summed E-state index contributed by atoms with van der Waals surface area (Å²) in [6.07, 6.45) is 1.53. The van der Waals surface area contributed by atoms with Crippen molar-refractivity contribution in [2.45, 2.75) is 31.2 Å². The number of carbonyl (C=O) groups is 2. The number of amides is 2. The molecule has 3 aromatic rings. The molecule has 1 saturated heterocycles. The fraction of sp³-hybridized carbons (Fsp3) is 0.407. The Labute approximate surface area is 199 Å². The van der Waals surface area contributed by atoms with Crippen LogP contribution in [0.5, 0.6) is 5.75 Å². The summed E-state index contributed by atoms with van der Waals surface area (Å²) in [6, 6.07) is 14.9. The molecule has 1 aromatic heterocycles. The number of hydrogen-bond donors (Lipinski definition) is 1.